The van der Waals surface area contributed by atoms with Crippen molar-refractivity contribution in [1.29, 1.82) is 0 Å². The molecule has 19 heavy (non-hydrogen) atoms. The summed E-state index contributed by atoms with van der Waals surface area (Å²) < 4.78 is 37.6. The van der Waals surface area contributed by atoms with Crippen molar-refractivity contribution in [3.63, 3.8) is 0 Å². The quantitative estimate of drug-likeness (QED) is 0.930. The van der Waals surface area contributed by atoms with Gasteiger partial charge in [-0.1, -0.05) is 24.2 Å². The van der Waals surface area contributed by atoms with Crippen LogP contribution in [0.15, 0.2) is 0 Å². The summed E-state index contributed by atoms with van der Waals surface area (Å²) in [5.41, 5.74) is 5.74. The van der Waals surface area contributed by atoms with Gasteiger partial charge in [0.1, 0.15) is 0 Å². The largest absolute Gasteiger partial charge is 0.445 e. The van der Waals surface area contributed by atoms with Crippen LogP contribution in [0, 0.1) is 5.92 Å². The zero-order valence-corrected chi connectivity index (χ0v) is 11.5. The molecule has 0 aromatic carbocycles. The monoisotopic (exact) mass is 294 g/mol. The fourth-order valence-corrected chi connectivity index (χ4v) is 3.32. The van der Waals surface area contributed by atoms with Crippen LogP contribution >= 0.6 is 11.3 Å². The number of hydrogen-bond donors (Lipinski definition) is 1. The Morgan fingerprint density at radius 3 is 2.58 bits per heavy atom. The number of alkyl halides is 3. The number of hydrogen-bond acceptors (Lipinski definition) is 5. The van der Waals surface area contributed by atoms with Crippen LogP contribution in [0.4, 0.5) is 18.3 Å². The van der Waals surface area contributed by atoms with Crippen molar-refractivity contribution in [2.75, 3.05) is 18.5 Å². The molecule has 1 aliphatic carbocycles. The summed E-state index contributed by atoms with van der Waals surface area (Å²) in [4.78, 5) is 1.81. The molecule has 2 rings (SSSR count). The van der Waals surface area contributed by atoms with Crippen LogP contribution in [0.5, 0.6) is 0 Å². The lowest BCUT2D eigenvalue weighted by atomic mass is 9.84. The minimum atomic E-state index is -4.42. The lowest BCUT2D eigenvalue weighted by Gasteiger charge is -2.37. The van der Waals surface area contributed by atoms with E-state index in [0.717, 1.165) is 25.7 Å². The van der Waals surface area contributed by atoms with Gasteiger partial charge in [-0.3, -0.25) is 0 Å². The first kappa shape index (κ1) is 14.5. The SMILES string of the molecule is CN(c1nnc(C(F)(F)F)s1)C1CCCCC1CN. The van der Waals surface area contributed by atoms with Crippen molar-refractivity contribution in [3.8, 4) is 0 Å². The number of halogens is 3. The van der Waals surface area contributed by atoms with Crippen LogP contribution < -0.4 is 10.6 Å². The lowest BCUT2D eigenvalue weighted by molar-refractivity contribution is -0.138. The predicted molar refractivity (Wildman–Crippen MR) is 68.1 cm³/mol. The van der Waals surface area contributed by atoms with E-state index < -0.39 is 11.2 Å². The molecule has 0 saturated heterocycles. The van der Waals surface area contributed by atoms with Crippen molar-refractivity contribution in [2.45, 2.75) is 37.9 Å². The first-order valence-corrected chi connectivity index (χ1v) is 7.08. The van der Waals surface area contributed by atoms with Crippen LogP contribution in [-0.4, -0.2) is 29.8 Å². The first-order valence-electron chi connectivity index (χ1n) is 6.27. The third-order valence-corrected chi connectivity index (χ3v) is 4.69. The van der Waals surface area contributed by atoms with Gasteiger partial charge in [0.2, 0.25) is 10.1 Å². The summed E-state index contributed by atoms with van der Waals surface area (Å²) in [6.45, 7) is 0.555. The van der Waals surface area contributed by atoms with E-state index >= 15 is 0 Å². The molecule has 2 atom stereocenters. The maximum atomic E-state index is 12.5. The minimum Gasteiger partial charge on any atom is -0.346 e. The molecule has 0 amide bonds. The molecule has 1 aromatic rings. The Bertz CT molecular complexity index is 420. The normalized spacial score (nSPS) is 24.5. The third kappa shape index (κ3) is 3.17. The molecule has 4 nitrogen and oxygen atoms in total. The zero-order chi connectivity index (χ0) is 14.0. The molecule has 0 spiro atoms. The summed E-state index contributed by atoms with van der Waals surface area (Å²) in [6, 6.07) is 0.160. The van der Waals surface area contributed by atoms with Gasteiger partial charge in [-0.25, -0.2) is 0 Å². The Morgan fingerprint density at radius 2 is 2.00 bits per heavy atom. The molecular weight excluding hydrogens is 277 g/mol. The van der Waals surface area contributed by atoms with Gasteiger partial charge >= 0.3 is 6.18 Å². The Labute approximate surface area is 113 Å². The molecule has 0 aliphatic heterocycles. The van der Waals surface area contributed by atoms with E-state index in [4.69, 9.17) is 5.73 Å². The van der Waals surface area contributed by atoms with Crippen molar-refractivity contribution in [3.05, 3.63) is 5.01 Å². The number of nitrogens with zero attached hydrogens (tertiary/aromatic N) is 3. The van der Waals surface area contributed by atoms with Gasteiger partial charge in [-0.15, -0.1) is 10.2 Å². The summed E-state index contributed by atoms with van der Waals surface area (Å²) in [5, 5.41) is 6.31. The van der Waals surface area contributed by atoms with Gasteiger partial charge < -0.3 is 10.6 Å². The Balaban J connectivity index is 2.14. The Kier molecular flexibility index (Phi) is 4.29. The van der Waals surface area contributed by atoms with Crippen LogP contribution in [0.25, 0.3) is 0 Å². The van der Waals surface area contributed by atoms with Crippen LogP contribution in [0.1, 0.15) is 30.7 Å². The molecule has 0 bridgehead atoms. The number of anilines is 1. The van der Waals surface area contributed by atoms with Gasteiger partial charge in [-0.2, -0.15) is 13.2 Å². The Morgan fingerprint density at radius 1 is 1.32 bits per heavy atom. The predicted octanol–water partition coefficient (Wildman–Crippen LogP) is 2.51. The average molecular weight is 294 g/mol. The second-order valence-corrected chi connectivity index (χ2v) is 5.80. The van der Waals surface area contributed by atoms with Gasteiger partial charge in [0.05, 0.1) is 0 Å². The summed E-state index contributed by atoms with van der Waals surface area (Å²) in [7, 11) is 1.78. The highest BCUT2D eigenvalue weighted by Gasteiger charge is 2.37. The van der Waals surface area contributed by atoms with E-state index in [1.807, 2.05) is 4.90 Å². The molecule has 2 N–H and O–H groups in total. The smallest absolute Gasteiger partial charge is 0.346 e. The van der Waals surface area contributed by atoms with Gasteiger partial charge in [0.25, 0.3) is 0 Å². The van der Waals surface area contributed by atoms with E-state index in [2.05, 4.69) is 10.2 Å². The third-order valence-electron chi connectivity index (χ3n) is 3.63. The second kappa shape index (κ2) is 5.62. The maximum Gasteiger partial charge on any atom is 0.445 e. The molecule has 2 unspecified atom stereocenters. The fraction of sp³-hybridized carbons (Fsp3) is 0.818. The average Bonchev–Trinajstić information content (AvgIpc) is 2.87. The number of rotatable bonds is 3. The Hall–Kier alpha value is -0.890. The summed E-state index contributed by atoms with van der Waals surface area (Å²) in [5.74, 6) is 0.317. The first-order chi connectivity index (χ1) is 8.93. The van der Waals surface area contributed by atoms with Gasteiger partial charge in [-0.05, 0) is 25.3 Å². The molecule has 1 heterocycles. The van der Waals surface area contributed by atoms with Crippen LogP contribution in [0.3, 0.4) is 0 Å². The van der Waals surface area contributed by atoms with Crippen LogP contribution in [0.2, 0.25) is 0 Å². The fourth-order valence-electron chi connectivity index (χ4n) is 2.59. The number of nitrogens with two attached hydrogens (primary N) is 1. The van der Waals surface area contributed by atoms with E-state index in [1.165, 1.54) is 0 Å². The molecule has 8 heteroatoms. The van der Waals surface area contributed by atoms with Crippen molar-refractivity contribution in [1.82, 2.24) is 10.2 Å². The molecular formula is C11H17F3N4S. The van der Waals surface area contributed by atoms with Gasteiger partial charge in [0.15, 0.2) is 0 Å². The van der Waals surface area contributed by atoms with Gasteiger partial charge in [0, 0.05) is 13.1 Å². The minimum absolute atomic E-state index is 0.160. The second-order valence-electron chi connectivity index (χ2n) is 4.85. The maximum absolute atomic E-state index is 12.5. The van der Waals surface area contributed by atoms with E-state index in [-0.39, 0.29) is 6.04 Å². The highest BCUT2D eigenvalue weighted by Crippen LogP contribution is 2.36. The molecule has 1 saturated carbocycles. The van der Waals surface area contributed by atoms with E-state index in [9.17, 15) is 13.2 Å². The van der Waals surface area contributed by atoms with Crippen molar-refractivity contribution >= 4 is 16.5 Å². The lowest BCUT2D eigenvalue weighted by Crippen LogP contribution is -2.43. The highest BCUT2D eigenvalue weighted by molar-refractivity contribution is 7.15. The topological polar surface area (TPSA) is 55.0 Å². The molecule has 0 radical (unpaired) electrons. The van der Waals surface area contributed by atoms with E-state index in [0.29, 0.717) is 28.9 Å². The van der Waals surface area contributed by atoms with E-state index in [1.54, 1.807) is 7.05 Å². The molecule has 1 fully saturated rings. The molecule has 108 valence electrons. The summed E-state index contributed by atoms with van der Waals surface area (Å²) >= 11 is 0.592. The van der Waals surface area contributed by atoms with Crippen molar-refractivity contribution in [2.24, 2.45) is 11.7 Å². The molecule has 1 aliphatic rings. The van der Waals surface area contributed by atoms with Crippen LogP contribution in [-0.2, 0) is 6.18 Å². The van der Waals surface area contributed by atoms with Crippen molar-refractivity contribution < 1.29 is 13.2 Å². The molecule has 1 aromatic heterocycles. The zero-order valence-electron chi connectivity index (χ0n) is 10.7. The summed E-state index contributed by atoms with van der Waals surface area (Å²) in [6.07, 6.45) is -0.237. The highest BCUT2D eigenvalue weighted by atomic mass is 32.1. The number of aromatic nitrogens is 2. The standard InChI is InChI=1S/C11H17F3N4S/c1-18(8-5-3-2-4-7(8)6-15)10-17-16-9(19-10)11(12,13)14/h7-8H,2-6,15H2,1H3.